The SMILES string of the molecule is COC(=O)CCN1CCC[C@@H]1c1ccc2c(c1)OCCO2. The highest BCUT2D eigenvalue weighted by Crippen LogP contribution is 2.37. The third kappa shape index (κ3) is 3.13. The summed E-state index contributed by atoms with van der Waals surface area (Å²) in [5.74, 6) is 1.51. The van der Waals surface area contributed by atoms with Crippen molar-refractivity contribution in [1.82, 2.24) is 4.90 Å². The van der Waals surface area contributed by atoms with Crippen LogP contribution in [0.3, 0.4) is 0 Å². The van der Waals surface area contributed by atoms with Crippen molar-refractivity contribution >= 4 is 5.97 Å². The lowest BCUT2D eigenvalue weighted by atomic mass is 10.0. The fourth-order valence-electron chi connectivity index (χ4n) is 3.08. The summed E-state index contributed by atoms with van der Waals surface area (Å²) in [5.41, 5.74) is 1.24. The van der Waals surface area contributed by atoms with E-state index in [0.717, 1.165) is 37.4 Å². The second-order valence-corrected chi connectivity index (χ2v) is 5.42. The van der Waals surface area contributed by atoms with Crippen molar-refractivity contribution in [1.29, 1.82) is 0 Å². The number of hydrogen-bond donors (Lipinski definition) is 0. The topological polar surface area (TPSA) is 48.0 Å². The summed E-state index contributed by atoms with van der Waals surface area (Å²) >= 11 is 0. The van der Waals surface area contributed by atoms with Gasteiger partial charge in [-0.05, 0) is 37.1 Å². The summed E-state index contributed by atoms with van der Waals surface area (Å²) in [7, 11) is 1.44. The maximum atomic E-state index is 11.3. The van der Waals surface area contributed by atoms with Gasteiger partial charge < -0.3 is 14.2 Å². The number of esters is 1. The third-order valence-corrected chi connectivity index (χ3v) is 4.15. The largest absolute Gasteiger partial charge is 0.486 e. The monoisotopic (exact) mass is 291 g/mol. The molecule has 0 spiro atoms. The molecule has 2 aliphatic heterocycles. The average molecular weight is 291 g/mol. The van der Waals surface area contributed by atoms with Crippen molar-refractivity contribution in [2.75, 3.05) is 33.4 Å². The maximum absolute atomic E-state index is 11.3. The fraction of sp³-hybridized carbons (Fsp3) is 0.562. The van der Waals surface area contributed by atoms with Crippen molar-refractivity contribution in [3.05, 3.63) is 23.8 Å². The Morgan fingerprint density at radius 2 is 2.14 bits per heavy atom. The number of hydrogen-bond acceptors (Lipinski definition) is 5. The van der Waals surface area contributed by atoms with Crippen LogP contribution < -0.4 is 9.47 Å². The van der Waals surface area contributed by atoms with Gasteiger partial charge in [-0.1, -0.05) is 6.07 Å². The lowest BCUT2D eigenvalue weighted by molar-refractivity contribution is -0.141. The molecule has 114 valence electrons. The van der Waals surface area contributed by atoms with Crippen LogP contribution in [0.25, 0.3) is 0 Å². The van der Waals surface area contributed by atoms with E-state index in [0.29, 0.717) is 25.7 Å². The molecule has 0 aromatic heterocycles. The lowest BCUT2D eigenvalue weighted by Crippen LogP contribution is -2.26. The first-order valence-corrected chi connectivity index (χ1v) is 7.48. The summed E-state index contributed by atoms with van der Waals surface area (Å²) < 4.78 is 15.9. The number of rotatable bonds is 4. The highest BCUT2D eigenvalue weighted by Gasteiger charge is 2.27. The molecule has 1 fully saturated rings. The van der Waals surface area contributed by atoms with Crippen LogP contribution in [-0.2, 0) is 9.53 Å². The van der Waals surface area contributed by atoms with Crippen LogP contribution in [0.5, 0.6) is 11.5 Å². The summed E-state index contributed by atoms with van der Waals surface area (Å²) in [4.78, 5) is 13.7. The summed E-state index contributed by atoms with van der Waals surface area (Å²) in [6, 6.07) is 6.52. The molecule has 0 bridgehead atoms. The van der Waals surface area contributed by atoms with Gasteiger partial charge in [0.15, 0.2) is 11.5 Å². The first kappa shape index (κ1) is 14.2. The smallest absolute Gasteiger partial charge is 0.306 e. The molecule has 0 N–H and O–H groups in total. The quantitative estimate of drug-likeness (QED) is 0.796. The third-order valence-electron chi connectivity index (χ3n) is 4.15. The van der Waals surface area contributed by atoms with Crippen molar-refractivity contribution in [3.8, 4) is 11.5 Å². The maximum Gasteiger partial charge on any atom is 0.306 e. The van der Waals surface area contributed by atoms with Gasteiger partial charge >= 0.3 is 5.97 Å². The predicted molar refractivity (Wildman–Crippen MR) is 77.6 cm³/mol. The Bertz CT molecular complexity index is 517. The summed E-state index contributed by atoms with van der Waals surface area (Å²) in [6.07, 6.45) is 2.71. The van der Waals surface area contributed by atoms with Gasteiger partial charge in [0.05, 0.1) is 13.5 Å². The Hall–Kier alpha value is -1.75. The fourth-order valence-corrected chi connectivity index (χ4v) is 3.08. The first-order chi connectivity index (χ1) is 10.3. The van der Waals surface area contributed by atoms with Crippen LogP contribution in [-0.4, -0.2) is 44.3 Å². The van der Waals surface area contributed by atoms with Crippen LogP contribution in [0.15, 0.2) is 18.2 Å². The Labute approximate surface area is 124 Å². The van der Waals surface area contributed by atoms with Gasteiger partial charge in [0.25, 0.3) is 0 Å². The zero-order valence-corrected chi connectivity index (χ0v) is 12.3. The minimum atomic E-state index is -0.150. The molecular formula is C16H21NO4. The molecule has 0 saturated carbocycles. The standard InChI is InChI=1S/C16H21NO4/c1-19-16(18)6-8-17-7-2-3-13(17)12-4-5-14-15(11-12)21-10-9-20-14/h4-5,11,13H,2-3,6-10H2,1H3/t13-/m1/s1. The number of carbonyl (C=O) groups is 1. The van der Waals surface area contributed by atoms with E-state index in [-0.39, 0.29) is 5.97 Å². The van der Waals surface area contributed by atoms with Crippen LogP contribution in [0.2, 0.25) is 0 Å². The molecule has 0 radical (unpaired) electrons. The molecule has 5 nitrogen and oxygen atoms in total. The molecule has 2 aliphatic rings. The lowest BCUT2D eigenvalue weighted by Gasteiger charge is -2.26. The Kier molecular flexibility index (Phi) is 4.29. The van der Waals surface area contributed by atoms with E-state index in [1.165, 1.54) is 12.7 Å². The zero-order valence-electron chi connectivity index (χ0n) is 12.3. The van der Waals surface area contributed by atoms with Crippen molar-refractivity contribution < 1.29 is 19.0 Å². The number of carbonyl (C=O) groups excluding carboxylic acids is 1. The van der Waals surface area contributed by atoms with Crippen LogP contribution in [0.1, 0.15) is 30.9 Å². The Morgan fingerprint density at radius 1 is 1.33 bits per heavy atom. The minimum absolute atomic E-state index is 0.150. The molecule has 0 amide bonds. The highest BCUT2D eigenvalue weighted by atomic mass is 16.6. The molecule has 0 aliphatic carbocycles. The van der Waals surface area contributed by atoms with Crippen molar-refractivity contribution in [3.63, 3.8) is 0 Å². The van der Waals surface area contributed by atoms with Gasteiger partial charge in [-0.2, -0.15) is 0 Å². The second kappa shape index (κ2) is 6.35. The van der Waals surface area contributed by atoms with Gasteiger partial charge in [-0.15, -0.1) is 0 Å². The molecule has 2 heterocycles. The second-order valence-electron chi connectivity index (χ2n) is 5.42. The van der Waals surface area contributed by atoms with Crippen LogP contribution in [0.4, 0.5) is 0 Å². The molecule has 5 heteroatoms. The van der Waals surface area contributed by atoms with E-state index in [9.17, 15) is 4.79 Å². The number of benzene rings is 1. The number of nitrogens with zero attached hydrogens (tertiary/aromatic N) is 1. The van der Waals surface area contributed by atoms with Gasteiger partial charge in [0.2, 0.25) is 0 Å². The molecule has 3 rings (SSSR count). The average Bonchev–Trinajstić information content (AvgIpc) is 3.00. The molecule has 0 unspecified atom stereocenters. The minimum Gasteiger partial charge on any atom is -0.486 e. The summed E-state index contributed by atoms with van der Waals surface area (Å²) in [6.45, 7) is 2.98. The van der Waals surface area contributed by atoms with E-state index in [2.05, 4.69) is 17.0 Å². The van der Waals surface area contributed by atoms with Gasteiger partial charge in [-0.3, -0.25) is 9.69 Å². The number of methoxy groups -OCH3 is 1. The van der Waals surface area contributed by atoms with Crippen molar-refractivity contribution in [2.45, 2.75) is 25.3 Å². The summed E-state index contributed by atoms with van der Waals surface area (Å²) in [5, 5.41) is 0. The molecule has 1 saturated heterocycles. The van der Waals surface area contributed by atoms with Crippen LogP contribution >= 0.6 is 0 Å². The number of likely N-dealkylation sites (tertiary alicyclic amines) is 1. The van der Waals surface area contributed by atoms with Crippen molar-refractivity contribution in [2.24, 2.45) is 0 Å². The van der Waals surface area contributed by atoms with Gasteiger partial charge in [-0.25, -0.2) is 0 Å². The number of ether oxygens (including phenoxy) is 3. The van der Waals surface area contributed by atoms with Crippen LogP contribution in [0, 0.1) is 0 Å². The molecular weight excluding hydrogens is 270 g/mol. The predicted octanol–water partition coefficient (Wildman–Crippen LogP) is 2.16. The van der Waals surface area contributed by atoms with E-state index in [1.54, 1.807) is 0 Å². The van der Waals surface area contributed by atoms with E-state index < -0.39 is 0 Å². The van der Waals surface area contributed by atoms with Gasteiger partial charge in [0, 0.05) is 12.6 Å². The molecule has 1 atom stereocenters. The van der Waals surface area contributed by atoms with E-state index in [1.807, 2.05) is 6.07 Å². The molecule has 21 heavy (non-hydrogen) atoms. The normalized spacial score (nSPS) is 21.3. The highest BCUT2D eigenvalue weighted by molar-refractivity contribution is 5.69. The van der Waals surface area contributed by atoms with E-state index in [4.69, 9.17) is 14.2 Å². The molecule has 1 aromatic rings. The Balaban J connectivity index is 1.71. The zero-order chi connectivity index (χ0) is 14.7. The Morgan fingerprint density at radius 3 is 2.95 bits per heavy atom. The number of fused-ring (bicyclic) bond motifs is 1. The molecule has 1 aromatic carbocycles. The van der Waals surface area contributed by atoms with E-state index >= 15 is 0 Å². The first-order valence-electron chi connectivity index (χ1n) is 7.48. The van der Waals surface area contributed by atoms with Gasteiger partial charge in [0.1, 0.15) is 13.2 Å².